The fourth-order valence-corrected chi connectivity index (χ4v) is 3.48. The van der Waals surface area contributed by atoms with Gasteiger partial charge in [0.25, 0.3) is 0 Å². The molecule has 0 fully saturated rings. The lowest BCUT2D eigenvalue weighted by Crippen LogP contribution is -2.39. The first kappa shape index (κ1) is 22.6. The van der Waals surface area contributed by atoms with Crippen LogP contribution in [0.25, 0.3) is 0 Å². The molecule has 29 heavy (non-hydrogen) atoms. The Morgan fingerprint density at radius 3 is 2.76 bits per heavy atom. The van der Waals surface area contributed by atoms with Crippen molar-refractivity contribution in [1.29, 1.82) is 0 Å². The van der Waals surface area contributed by atoms with Crippen molar-refractivity contribution in [3.8, 4) is 5.75 Å². The number of benzene rings is 1. The molecule has 3 N–H and O–H groups in total. The van der Waals surface area contributed by atoms with Gasteiger partial charge in [0, 0.05) is 25.5 Å². The molecule has 0 saturated carbocycles. The lowest BCUT2D eigenvalue weighted by molar-refractivity contribution is 0.386. The molecule has 1 unspecified atom stereocenters. The zero-order valence-corrected chi connectivity index (χ0v) is 17.5. The van der Waals surface area contributed by atoms with E-state index in [1.807, 2.05) is 13.8 Å². The molecule has 8 nitrogen and oxygen atoms in total. The second-order valence-electron chi connectivity index (χ2n) is 6.11. The SMILES string of the molecule is CCNC(=NCCNS(=O)(=O)c1cccnc1)NC(C)c1ccc(OC)c(F)c1. The highest BCUT2D eigenvalue weighted by molar-refractivity contribution is 7.89. The van der Waals surface area contributed by atoms with Crippen LogP contribution in [0.1, 0.15) is 25.5 Å². The summed E-state index contributed by atoms with van der Waals surface area (Å²) >= 11 is 0. The highest BCUT2D eigenvalue weighted by atomic mass is 32.2. The van der Waals surface area contributed by atoms with Gasteiger partial charge < -0.3 is 15.4 Å². The van der Waals surface area contributed by atoms with Crippen LogP contribution in [0.5, 0.6) is 5.75 Å². The van der Waals surface area contributed by atoms with Crippen molar-refractivity contribution in [2.24, 2.45) is 4.99 Å². The van der Waals surface area contributed by atoms with Gasteiger partial charge in [-0.2, -0.15) is 0 Å². The standard InChI is InChI=1S/C19H26FN5O3S/c1-4-22-19(25-14(2)15-7-8-18(28-3)17(20)12-15)23-10-11-24-29(26,27)16-6-5-9-21-13-16/h5-9,12-14,24H,4,10-11H2,1-3H3,(H2,22,23,25). The van der Waals surface area contributed by atoms with Crippen LogP contribution >= 0.6 is 0 Å². The van der Waals surface area contributed by atoms with Gasteiger partial charge in [-0.05, 0) is 43.7 Å². The first-order valence-electron chi connectivity index (χ1n) is 9.15. The average Bonchev–Trinajstić information content (AvgIpc) is 2.71. The van der Waals surface area contributed by atoms with Crippen molar-refractivity contribution in [3.63, 3.8) is 0 Å². The van der Waals surface area contributed by atoms with E-state index in [9.17, 15) is 12.8 Å². The molecule has 1 heterocycles. The molecular weight excluding hydrogens is 397 g/mol. The summed E-state index contributed by atoms with van der Waals surface area (Å²) in [7, 11) is -2.21. The first-order valence-corrected chi connectivity index (χ1v) is 10.6. The Kier molecular flexibility index (Phi) is 8.34. The van der Waals surface area contributed by atoms with E-state index in [1.54, 1.807) is 18.2 Å². The molecule has 0 aliphatic carbocycles. The van der Waals surface area contributed by atoms with Crippen LogP contribution in [0.3, 0.4) is 0 Å². The van der Waals surface area contributed by atoms with E-state index in [4.69, 9.17) is 4.74 Å². The van der Waals surface area contributed by atoms with E-state index in [1.165, 1.54) is 31.6 Å². The monoisotopic (exact) mass is 423 g/mol. The quantitative estimate of drug-likeness (QED) is 0.323. The van der Waals surface area contributed by atoms with Crippen LogP contribution in [-0.4, -0.2) is 46.1 Å². The third-order valence-corrected chi connectivity index (χ3v) is 5.44. The van der Waals surface area contributed by atoms with Gasteiger partial charge in [0.05, 0.1) is 19.7 Å². The Morgan fingerprint density at radius 2 is 2.14 bits per heavy atom. The minimum absolute atomic E-state index is 0.101. The van der Waals surface area contributed by atoms with E-state index in [0.717, 1.165) is 5.56 Å². The number of hydrogen-bond donors (Lipinski definition) is 3. The van der Waals surface area contributed by atoms with Gasteiger partial charge in [-0.25, -0.2) is 17.5 Å². The Bertz CT molecular complexity index is 923. The highest BCUT2D eigenvalue weighted by Gasteiger charge is 2.13. The molecule has 1 aromatic heterocycles. The Labute approximate surface area is 170 Å². The first-order chi connectivity index (χ1) is 13.9. The number of hydrogen-bond acceptors (Lipinski definition) is 5. The second-order valence-corrected chi connectivity index (χ2v) is 7.87. The third kappa shape index (κ3) is 6.68. The maximum atomic E-state index is 13.9. The van der Waals surface area contributed by atoms with Gasteiger partial charge in [-0.15, -0.1) is 0 Å². The molecule has 2 rings (SSSR count). The van der Waals surface area contributed by atoms with E-state index in [0.29, 0.717) is 12.5 Å². The van der Waals surface area contributed by atoms with Gasteiger partial charge in [-0.1, -0.05) is 6.07 Å². The van der Waals surface area contributed by atoms with Gasteiger partial charge >= 0.3 is 0 Å². The summed E-state index contributed by atoms with van der Waals surface area (Å²) in [6, 6.07) is 7.55. The van der Waals surface area contributed by atoms with Crippen molar-refractivity contribution >= 4 is 16.0 Å². The smallest absolute Gasteiger partial charge is 0.242 e. The summed E-state index contributed by atoms with van der Waals surface area (Å²) in [4.78, 5) is 8.28. The largest absolute Gasteiger partial charge is 0.494 e. The van der Waals surface area contributed by atoms with E-state index in [-0.39, 0.29) is 29.8 Å². The summed E-state index contributed by atoms with van der Waals surface area (Å²) in [6.07, 6.45) is 2.79. The van der Waals surface area contributed by atoms with E-state index >= 15 is 0 Å². The second kappa shape index (κ2) is 10.7. The maximum Gasteiger partial charge on any atom is 0.242 e. The molecule has 158 valence electrons. The van der Waals surface area contributed by atoms with Crippen LogP contribution in [0.4, 0.5) is 4.39 Å². The summed E-state index contributed by atoms with van der Waals surface area (Å²) in [5, 5.41) is 6.26. The molecule has 0 saturated heterocycles. The average molecular weight is 424 g/mol. The molecule has 0 aliphatic rings. The van der Waals surface area contributed by atoms with Gasteiger partial charge in [0.2, 0.25) is 10.0 Å². The van der Waals surface area contributed by atoms with E-state index < -0.39 is 15.8 Å². The number of ether oxygens (including phenoxy) is 1. The number of nitrogens with one attached hydrogen (secondary N) is 3. The topological polar surface area (TPSA) is 105 Å². The molecule has 2 aromatic rings. The Morgan fingerprint density at radius 1 is 1.34 bits per heavy atom. The zero-order chi connectivity index (χ0) is 21.3. The number of nitrogens with zero attached hydrogens (tertiary/aromatic N) is 2. The maximum absolute atomic E-state index is 13.9. The number of rotatable bonds is 9. The number of aromatic nitrogens is 1. The molecular formula is C19H26FN5O3S. The van der Waals surface area contributed by atoms with Crippen LogP contribution in [0.2, 0.25) is 0 Å². The van der Waals surface area contributed by atoms with Crippen LogP contribution in [0.15, 0.2) is 52.6 Å². The number of aliphatic imine (C=N–C) groups is 1. The van der Waals surface area contributed by atoms with Gasteiger partial charge in [0.15, 0.2) is 17.5 Å². The van der Waals surface area contributed by atoms with Crippen molar-refractivity contribution in [1.82, 2.24) is 20.3 Å². The third-order valence-electron chi connectivity index (χ3n) is 3.99. The van der Waals surface area contributed by atoms with Crippen molar-refractivity contribution in [2.45, 2.75) is 24.8 Å². The fourth-order valence-electron chi connectivity index (χ4n) is 2.50. The predicted molar refractivity (Wildman–Crippen MR) is 110 cm³/mol. The molecule has 1 atom stereocenters. The summed E-state index contributed by atoms with van der Waals surface area (Å²) in [6.45, 7) is 4.76. The molecule has 10 heteroatoms. The molecule has 0 aliphatic heterocycles. The normalized spacial score (nSPS) is 13.0. The van der Waals surface area contributed by atoms with E-state index in [2.05, 4.69) is 25.3 Å². The molecule has 0 bridgehead atoms. The number of methoxy groups -OCH3 is 1. The van der Waals surface area contributed by atoms with Crippen LogP contribution in [-0.2, 0) is 10.0 Å². The molecule has 0 radical (unpaired) electrons. The van der Waals surface area contributed by atoms with Gasteiger partial charge in [-0.3, -0.25) is 9.98 Å². The highest BCUT2D eigenvalue weighted by Crippen LogP contribution is 2.21. The van der Waals surface area contributed by atoms with Crippen molar-refractivity contribution in [3.05, 3.63) is 54.1 Å². The minimum Gasteiger partial charge on any atom is -0.494 e. The van der Waals surface area contributed by atoms with Crippen molar-refractivity contribution < 1.29 is 17.5 Å². The number of halogens is 1. The molecule has 0 amide bonds. The Balaban J connectivity index is 1.96. The summed E-state index contributed by atoms with van der Waals surface area (Å²) in [5.74, 6) is 0.240. The molecule has 0 spiro atoms. The predicted octanol–water partition coefficient (Wildman–Crippen LogP) is 1.82. The lowest BCUT2D eigenvalue weighted by Gasteiger charge is -2.18. The summed E-state index contributed by atoms with van der Waals surface area (Å²) in [5.41, 5.74) is 0.728. The minimum atomic E-state index is -3.62. The zero-order valence-electron chi connectivity index (χ0n) is 16.6. The van der Waals surface area contributed by atoms with Crippen LogP contribution < -0.4 is 20.1 Å². The van der Waals surface area contributed by atoms with Crippen molar-refractivity contribution in [2.75, 3.05) is 26.7 Å². The number of guanidine groups is 1. The number of pyridine rings is 1. The Hall–Kier alpha value is -2.72. The lowest BCUT2D eigenvalue weighted by atomic mass is 10.1. The number of sulfonamides is 1. The molecule has 1 aromatic carbocycles. The summed E-state index contributed by atoms with van der Waals surface area (Å²) < 4.78 is 45.7. The van der Waals surface area contributed by atoms with Gasteiger partial charge in [0.1, 0.15) is 4.90 Å². The fraction of sp³-hybridized carbons (Fsp3) is 0.368. The van der Waals surface area contributed by atoms with Crippen LogP contribution in [0, 0.1) is 5.82 Å².